The van der Waals surface area contributed by atoms with E-state index in [1.54, 1.807) is 12.1 Å². The van der Waals surface area contributed by atoms with Gasteiger partial charge in [0.15, 0.2) is 0 Å². The number of pyridine rings is 2. The molecule has 10 nitrogen and oxygen atoms in total. The quantitative estimate of drug-likeness (QED) is 0.471. The molecule has 0 atom stereocenters. The summed E-state index contributed by atoms with van der Waals surface area (Å²) < 4.78 is 0. The van der Waals surface area contributed by atoms with E-state index in [-0.39, 0.29) is 50.1 Å². The number of carboxylic acids is 2. The molecule has 130 valence electrons. The molecule has 8 N–H and O–H groups in total. The number of carbonyl (C=O) groups is 2. The normalized spacial score (nSPS) is 6.96. The average Bonchev–Trinajstić information content (AvgIpc) is 2.41. The Morgan fingerprint density at radius 1 is 0.739 bits per heavy atom. The molecule has 0 amide bonds. The first-order valence-corrected chi connectivity index (χ1v) is 4.84. The molecule has 2 aromatic heterocycles. The monoisotopic (exact) mass is 372 g/mol. The van der Waals surface area contributed by atoms with E-state index >= 15 is 0 Å². The summed E-state index contributed by atoms with van der Waals surface area (Å²) >= 11 is 0. The molecule has 0 aliphatic heterocycles. The summed E-state index contributed by atoms with van der Waals surface area (Å²) in [4.78, 5) is 27.3. The first kappa shape index (κ1) is 32.5. The van der Waals surface area contributed by atoms with Crippen LogP contribution in [0, 0.1) is 0 Å². The van der Waals surface area contributed by atoms with Crippen LogP contribution in [0.25, 0.3) is 0 Å². The minimum atomic E-state index is -1.19. The van der Waals surface area contributed by atoms with Crippen molar-refractivity contribution in [1.29, 1.82) is 0 Å². The van der Waals surface area contributed by atoms with Crippen LogP contribution in [0.4, 0.5) is 0 Å². The van der Waals surface area contributed by atoms with Gasteiger partial charge in [0.25, 0.3) is 0 Å². The number of rotatable bonds is 2. The minimum Gasteiger partial charge on any atom is -0.545 e. The molecule has 0 saturated carbocycles. The Kier molecular flexibility index (Phi) is 25.0. The second-order valence-electron chi connectivity index (χ2n) is 3.06. The van der Waals surface area contributed by atoms with E-state index in [0.717, 1.165) is 0 Å². The molecule has 2 aromatic rings. The van der Waals surface area contributed by atoms with Crippen molar-refractivity contribution >= 4 is 11.9 Å². The topological polar surface area (TPSA) is 232 Å². The number of carboxylic acid groups (broad SMARTS) is 2. The number of nitrogens with zero attached hydrogens (tertiary/aromatic N) is 2. The van der Waals surface area contributed by atoms with Crippen molar-refractivity contribution in [2.75, 3.05) is 0 Å². The first-order chi connectivity index (χ1) is 8.61. The zero-order valence-corrected chi connectivity index (χ0v) is 12.6. The van der Waals surface area contributed by atoms with Crippen LogP contribution in [-0.4, -0.2) is 43.8 Å². The summed E-state index contributed by atoms with van der Waals surface area (Å²) in [7, 11) is 0. The van der Waals surface area contributed by atoms with Gasteiger partial charge in [-0.25, -0.2) is 0 Å². The summed E-state index contributed by atoms with van der Waals surface area (Å²) in [5.41, 5.74) is 0.218. The van der Waals surface area contributed by atoms with Gasteiger partial charge in [0, 0.05) is 35.9 Å². The summed E-state index contributed by atoms with van der Waals surface area (Å²) in [5, 5.41) is 20.1. The smallest absolute Gasteiger partial charge is 0.545 e. The average molecular weight is 372 g/mol. The van der Waals surface area contributed by atoms with Crippen LogP contribution in [0.15, 0.2) is 49.1 Å². The summed E-state index contributed by atoms with van der Waals surface area (Å²) in [5.74, 6) is -2.38. The first-order valence-electron chi connectivity index (χ1n) is 4.84. The van der Waals surface area contributed by atoms with E-state index in [9.17, 15) is 19.8 Å². The predicted octanol–water partition coefficient (Wildman–Crippen LogP) is -4.41. The fourth-order valence-corrected chi connectivity index (χ4v) is 0.967. The van der Waals surface area contributed by atoms with Crippen LogP contribution < -0.4 is 10.2 Å². The third-order valence-electron chi connectivity index (χ3n) is 1.79. The molecule has 0 radical (unpaired) electrons. The summed E-state index contributed by atoms with van der Waals surface area (Å²) in [6.45, 7) is 0. The molecule has 2 rings (SSSR count). The van der Waals surface area contributed by atoms with Crippen LogP contribution in [-0.2, 0) is 17.1 Å². The van der Waals surface area contributed by atoms with Gasteiger partial charge in [-0.15, -0.1) is 0 Å². The van der Waals surface area contributed by atoms with Crippen molar-refractivity contribution in [3.05, 3.63) is 60.2 Å². The maximum atomic E-state index is 10.0. The number of aromatic nitrogens is 2. The molecule has 2 heterocycles. The third kappa shape index (κ3) is 13.0. The molecule has 0 saturated heterocycles. The van der Waals surface area contributed by atoms with E-state index in [4.69, 9.17) is 0 Å². The van der Waals surface area contributed by atoms with Gasteiger partial charge >= 0.3 is 17.1 Å². The number of hydrogen-bond acceptors (Lipinski definition) is 6. The summed E-state index contributed by atoms with van der Waals surface area (Å²) in [6.07, 6.45) is 5.50. The Morgan fingerprint density at radius 3 is 1.17 bits per heavy atom. The number of hydrogen-bond donors (Lipinski definition) is 0. The van der Waals surface area contributed by atoms with Crippen molar-refractivity contribution in [2.45, 2.75) is 0 Å². The van der Waals surface area contributed by atoms with E-state index < -0.39 is 11.9 Å². The largest absolute Gasteiger partial charge is 2.00 e. The maximum absolute atomic E-state index is 10.0. The molecule has 0 fully saturated rings. The maximum Gasteiger partial charge on any atom is 2.00 e. The molecule has 0 aliphatic rings. The van der Waals surface area contributed by atoms with E-state index in [1.807, 2.05) is 0 Å². The minimum absolute atomic E-state index is 0. The third-order valence-corrected chi connectivity index (χ3v) is 1.79. The van der Waals surface area contributed by atoms with Crippen LogP contribution >= 0.6 is 0 Å². The molecule has 23 heavy (non-hydrogen) atoms. The number of carbonyl (C=O) groups excluding carboxylic acids is 2. The Labute approximate surface area is 141 Å². The van der Waals surface area contributed by atoms with Gasteiger partial charge in [0.2, 0.25) is 0 Å². The number of aromatic carboxylic acids is 2. The second kappa shape index (κ2) is 17.7. The van der Waals surface area contributed by atoms with Crippen LogP contribution in [0.2, 0.25) is 0 Å². The van der Waals surface area contributed by atoms with E-state index in [2.05, 4.69) is 9.97 Å². The molecule has 0 aliphatic carbocycles. The van der Waals surface area contributed by atoms with Gasteiger partial charge in [-0.3, -0.25) is 9.97 Å². The van der Waals surface area contributed by atoms with Gasteiger partial charge in [0.05, 0.1) is 11.9 Å². The molecular formula is C12H16FeN2O8. The molecule has 0 bridgehead atoms. The molecule has 0 aromatic carbocycles. The molecular weight excluding hydrogens is 356 g/mol. The van der Waals surface area contributed by atoms with Crippen LogP contribution in [0.5, 0.6) is 0 Å². The second-order valence-corrected chi connectivity index (χ2v) is 3.06. The van der Waals surface area contributed by atoms with Gasteiger partial charge < -0.3 is 41.7 Å². The van der Waals surface area contributed by atoms with E-state index in [1.165, 1.54) is 36.9 Å². The molecule has 11 heteroatoms. The van der Waals surface area contributed by atoms with E-state index in [0.29, 0.717) is 0 Å². The van der Waals surface area contributed by atoms with Crippen molar-refractivity contribution in [3.8, 4) is 0 Å². The molecule has 0 unspecified atom stereocenters. The summed E-state index contributed by atoms with van der Waals surface area (Å²) in [6, 6.07) is 5.96. The Hall–Kier alpha value is -2.40. The fraction of sp³-hybridized carbons (Fsp3) is 0. The Bertz CT molecular complexity index is 478. The van der Waals surface area contributed by atoms with Gasteiger partial charge in [-0.2, -0.15) is 0 Å². The Morgan fingerprint density at radius 2 is 1.04 bits per heavy atom. The van der Waals surface area contributed by atoms with Gasteiger partial charge in [-0.1, -0.05) is 12.1 Å². The van der Waals surface area contributed by atoms with Crippen LogP contribution in [0.1, 0.15) is 20.7 Å². The van der Waals surface area contributed by atoms with Crippen molar-refractivity contribution in [1.82, 2.24) is 9.97 Å². The fourth-order valence-electron chi connectivity index (χ4n) is 0.967. The van der Waals surface area contributed by atoms with Crippen molar-refractivity contribution in [2.24, 2.45) is 0 Å². The Balaban J connectivity index is -0.0000000771. The zero-order chi connectivity index (χ0) is 13.4. The molecule has 0 spiro atoms. The van der Waals surface area contributed by atoms with Gasteiger partial charge in [-0.05, 0) is 12.1 Å². The predicted molar refractivity (Wildman–Crippen MR) is 71.6 cm³/mol. The standard InChI is InChI=1S/2C6H5NO2.Fe.4H2O/c2*8-6(9)5-2-1-3-7-4-5;;;;;/h2*1-4H,(H,8,9);;4*1H2/q;;+2;;;;/p-2. The van der Waals surface area contributed by atoms with Gasteiger partial charge in [0.1, 0.15) is 0 Å². The van der Waals surface area contributed by atoms with Crippen LogP contribution in [0.3, 0.4) is 0 Å². The van der Waals surface area contributed by atoms with Crippen molar-refractivity contribution < 1.29 is 58.8 Å². The van der Waals surface area contributed by atoms with Crippen molar-refractivity contribution in [3.63, 3.8) is 0 Å². The zero-order valence-electron chi connectivity index (χ0n) is 11.5. The SMILES string of the molecule is O.O.O.O.O=C([O-])c1cccnc1.O=C([O-])c1cccnc1.[Fe+2].